The van der Waals surface area contributed by atoms with E-state index in [9.17, 15) is 0 Å². The molecule has 2 fully saturated rings. The summed E-state index contributed by atoms with van der Waals surface area (Å²) >= 11 is 0. The lowest BCUT2D eigenvalue weighted by atomic mass is 9.98. The number of likely N-dealkylation sites (tertiary alicyclic amines) is 1. The smallest absolute Gasteiger partial charge is 0.143 e. The molecule has 0 aromatic heterocycles. The fraction of sp³-hybridized carbons (Fsp3) is 0.684. The standard InChI is InChI=1S/C19H31N3O/c1-3-15-13-17(20)19(23-2)14-18(15)22-11-7-16(8-12-22)21-9-5-4-6-10-21/h13-14,16H,3-12,20H2,1-2H3. The Bertz CT molecular complexity index is 518. The predicted octanol–water partition coefficient (Wildman–Crippen LogP) is 3.29. The van der Waals surface area contributed by atoms with E-state index in [2.05, 4.69) is 28.9 Å². The second-order valence-electron chi connectivity index (χ2n) is 6.89. The van der Waals surface area contributed by atoms with Gasteiger partial charge in [0.1, 0.15) is 5.75 Å². The molecule has 2 saturated heterocycles. The van der Waals surface area contributed by atoms with Gasteiger partial charge in [-0.1, -0.05) is 13.3 Å². The Morgan fingerprint density at radius 3 is 2.39 bits per heavy atom. The number of hydrogen-bond acceptors (Lipinski definition) is 4. The third kappa shape index (κ3) is 3.57. The third-order valence-electron chi connectivity index (χ3n) is 5.52. The maximum absolute atomic E-state index is 6.08. The van der Waals surface area contributed by atoms with Crippen molar-refractivity contribution in [3.63, 3.8) is 0 Å². The molecular weight excluding hydrogens is 286 g/mol. The number of aryl methyl sites for hydroxylation is 1. The summed E-state index contributed by atoms with van der Waals surface area (Å²) in [6.45, 7) is 7.09. The lowest BCUT2D eigenvalue weighted by molar-refractivity contribution is 0.141. The van der Waals surface area contributed by atoms with Gasteiger partial charge in [0.15, 0.2) is 0 Å². The molecule has 0 atom stereocenters. The normalized spacial score (nSPS) is 20.7. The number of anilines is 2. The first-order valence-electron chi connectivity index (χ1n) is 9.18. The Balaban J connectivity index is 1.69. The maximum Gasteiger partial charge on any atom is 0.143 e. The summed E-state index contributed by atoms with van der Waals surface area (Å²) in [6, 6.07) is 5.01. The van der Waals surface area contributed by atoms with E-state index in [0.717, 1.165) is 37.0 Å². The van der Waals surface area contributed by atoms with Crippen LogP contribution in [0.25, 0.3) is 0 Å². The van der Waals surface area contributed by atoms with Crippen molar-refractivity contribution in [2.24, 2.45) is 0 Å². The van der Waals surface area contributed by atoms with Crippen LogP contribution in [0.1, 0.15) is 44.6 Å². The number of methoxy groups -OCH3 is 1. The molecule has 0 aliphatic carbocycles. The lowest BCUT2D eigenvalue weighted by Gasteiger charge is -2.41. The first-order valence-corrected chi connectivity index (χ1v) is 9.18. The Morgan fingerprint density at radius 2 is 1.78 bits per heavy atom. The largest absolute Gasteiger partial charge is 0.495 e. The van der Waals surface area contributed by atoms with Crippen molar-refractivity contribution in [2.45, 2.75) is 51.5 Å². The SMILES string of the molecule is CCc1cc(N)c(OC)cc1N1CCC(N2CCCCC2)CC1. The van der Waals surface area contributed by atoms with Crippen LogP contribution in [0.4, 0.5) is 11.4 Å². The van der Waals surface area contributed by atoms with Gasteiger partial charge in [-0.05, 0) is 56.8 Å². The van der Waals surface area contributed by atoms with Crippen molar-refractivity contribution in [3.8, 4) is 5.75 Å². The maximum atomic E-state index is 6.08. The fourth-order valence-corrected chi connectivity index (χ4v) is 4.14. The zero-order valence-corrected chi connectivity index (χ0v) is 14.7. The molecule has 3 rings (SSSR count). The molecule has 0 bridgehead atoms. The van der Waals surface area contributed by atoms with Gasteiger partial charge in [-0.2, -0.15) is 0 Å². The average Bonchev–Trinajstić information content (AvgIpc) is 2.62. The van der Waals surface area contributed by atoms with Gasteiger partial charge < -0.3 is 20.3 Å². The number of ether oxygens (including phenoxy) is 1. The number of rotatable bonds is 4. The molecule has 1 aromatic carbocycles. The zero-order chi connectivity index (χ0) is 16.2. The van der Waals surface area contributed by atoms with Gasteiger partial charge in [-0.25, -0.2) is 0 Å². The average molecular weight is 317 g/mol. The summed E-state index contributed by atoms with van der Waals surface area (Å²) in [5.41, 5.74) is 9.47. The van der Waals surface area contributed by atoms with Crippen LogP contribution >= 0.6 is 0 Å². The molecular formula is C19H31N3O. The van der Waals surface area contributed by atoms with Gasteiger partial charge in [-0.3, -0.25) is 0 Å². The molecule has 2 aliphatic rings. The van der Waals surface area contributed by atoms with Crippen LogP contribution in [0.3, 0.4) is 0 Å². The molecule has 2 N–H and O–H groups in total. The summed E-state index contributed by atoms with van der Waals surface area (Å²) in [7, 11) is 1.70. The lowest BCUT2D eigenvalue weighted by Crippen LogP contribution is -2.46. The van der Waals surface area contributed by atoms with E-state index in [4.69, 9.17) is 10.5 Å². The van der Waals surface area contributed by atoms with E-state index < -0.39 is 0 Å². The molecule has 23 heavy (non-hydrogen) atoms. The van der Waals surface area contributed by atoms with Gasteiger partial charge in [0, 0.05) is 30.9 Å². The monoisotopic (exact) mass is 317 g/mol. The second-order valence-corrected chi connectivity index (χ2v) is 6.89. The van der Waals surface area contributed by atoms with Crippen molar-refractivity contribution in [1.82, 2.24) is 4.90 Å². The van der Waals surface area contributed by atoms with Gasteiger partial charge in [0.05, 0.1) is 12.8 Å². The number of benzene rings is 1. The zero-order valence-electron chi connectivity index (χ0n) is 14.7. The number of piperidine rings is 2. The fourth-order valence-electron chi connectivity index (χ4n) is 4.14. The van der Waals surface area contributed by atoms with Crippen LogP contribution in [0.5, 0.6) is 5.75 Å². The predicted molar refractivity (Wildman–Crippen MR) is 97.4 cm³/mol. The molecule has 0 unspecified atom stereocenters. The van der Waals surface area contributed by atoms with E-state index >= 15 is 0 Å². The Kier molecular flexibility index (Phi) is 5.31. The van der Waals surface area contributed by atoms with Gasteiger partial charge in [-0.15, -0.1) is 0 Å². The topological polar surface area (TPSA) is 41.7 Å². The van der Waals surface area contributed by atoms with Crippen LogP contribution in [-0.4, -0.2) is 44.2 Å². The molecule has 0 amide bonds. The van der Waals surface area contributed by atoms with Gasteiger partial charge in [0.2, 0.25) is 0 Å². The highest BCUT2D eigenvalue weighted by Crippen LogP contribution is 2.34. The molecule has 0 radical (unpaired) electrons. The minimum absolute atomic E-state index is 0.747. The first-order chi connectivity index (χ1) is 11.2. The van der Waals surface area contributed by atoms with Crippen molar-refractivity contribution >= 4 is 11.4 Å². The van der Waals surface area contributed by atoms with Crippen LogP contribution in [-0.2, 0) is 6.42 Å². The number of hydrogen-bond donors (Lipinski definition) is 1. The summed E-state index contributed by atoms with van der Waals surface area (Å²) in [6.07, 6.45) is 7.74. The van der Waals surface area contributed by atoms with Crippen molar-refractivity contribution < 1.29 is 4.74 Å². The quantitative estimate of drug-likeness (QED) is 0.865. The van der Waals surface area contributed by atoms with E-state index in [1.807, 2.05) is 0 Å². The minimum atomic E-state index is 0.747. The summed E-state index contributed by atoms with van der Waals surface area (Å²) < 4.78 is 5.43. The van der Waals surface area contributed by atoms with Crippen LogP contribution in [0, 0.1) is 0 Å². The second kappa shape index (κ2) is 7.43. The molecule has 0 saturated carbocycles. The number of nitrogens with zero attached hydrogens (tertiary/aromatic N) is 2. The van der Waals surface area contributed by atoms with E-state index in [1.165, 1.54) is 56.4 Å². The Hall–Kier alpha value is -1.42. The molecule has 4 heteroatoms. The first kappa shape index (κ1) is 16.4. The van der Waals surface area contributed by atoms with Gasteiger partial charge in [0.25, 0.3) is 0 Å². The van der Waals surface area contributed by atoms with E-state index in [1.54, 1.807) is 7.11 Å². The third-order valence-corrected chi connectivity index (χ3v) is 5.52. The van der Waals surface area contributed by atoms with E-state index in [0.29, 0.717) is 0 Å². The molecule has 2 aliphatic heterocycles. The molecule has 2 heterocycles. The Morgan fingerprint density at radius 1 is 1.09 bits per heavy atom. The van der Waals surface area contributed by atoms with Crippen LogP contribution in [0.2, 0.25) is 0 Å². The highest BCUT2D eigenvalue weighted by atomic mass is 16.5. The van der Waals surface area contributed by atoms with Crippen molar-refractivity contribution in [3.05, 3.63) is 17.7 Å². The molecule has 128 valence electrons. The summed E-state index contributed by atoms with van der Waals surface area (Å²) in [5, 5.41) is 0. The van der Waals surface area contributed by atoms with Crippen LogP contribution in [0.15, 0.2) is 12.1 Å². The van der Waals surface area contributed by atoms with Gasteiger partial charge >= 0.3 is 0 Å². The van der Waals surface area contributed by atoms with Crippen molar-refractivity contribution in [2.75, 3.05) is 43.9 Å². The molecule has 1 aromatic rings. The highest BCUT2D eigenvalue weighted by Gasteiger charge is 2.26. The summed E-state index contributed by atoms with van der Waals surface area (Å²) in [4.78, 5) is 5.26. The molecule has 4 nitrogen and oxygen atoms in total. The summed E-state index contributed by atoms with van der Waals surface area (Å²) in [5.74, 6) is 0.801. The van der Waals surface area contributed by atoms with E-state index in [-0.39, 0.29) is 0 Å². The minimum Gasteiger partial charge on any atom is -0.495 e. The highest BCUT2D eigenvalue weighted by molar-refractivity contribution is 5.67. The Labute approximate surface area is 140 Å². The van der Waals surface area contributed by atoms with Crippen LogP contribution < -0.4 is 15.4 Å². The molecule has 0 spiro atoms. The number of nitrogen functional groups attached to an aromatic ring is 1. The van der Waals surface area contributed by atoms with Crippen molar-refractivity contribution in [1.29, 1.82) is 0 Å². The number of nitrogens with two attached hydrogens (primary N) is 1.